The molecule has 3 fully saturated rings. The van der Waals surface area contributed by atoms with Gasteiger partial charge in [0.15, 0.2) is 0 Å². The maximum Gasteiger partial charge on any atom is 0.471 e. The van der Waals surface area contributed by atoms with Crippen LogP contribution in [0.15, 0.2) is 0 Å². The Morgan fingerprint density at radius 3 is 2.12 bits per heavy atom. The summed E-state index contributed by atoms with van der Waals surface area (Å²) in [4.78, 5) is 21.2. The minimum absolute atomic E-state index is 0.0830. The van der Waals surface area contributed by atoms with E-state index < -0.39 is 28.9 Å². The maximum absolute atomic E-state index is 11.9. The van der Waals surface area contributed by atoms with Crippen LogP contribution < -0.4 is 5.32 Å². The van der Waals surface area contributed by atoms with Crippen LogP contribution in [0, 0.1) is 10.8 Å². The number of carboxylic acids is 1. The molecule has 7 heteroatoms. The lowest BCUT2D eigenvalue weighted by molar-refractivity contribution is -0.222. The number of rotatable bonds is 3. The van der Waals surface area contributed by atoms with Crippen LogP contribution in [0.1, 0.15) is 19.3 Å². The first kappa shape index (κ1) is 11.2. The van der Waals surface area contributed by atoms with Crippen molar-refractivity contribution < 1.29 is 27.9 Å². The van der Waals surface area contributed by atoms with Crippen molar-refractivity contribution in [2.24, 2.45) is 10.8 Å². The molecule has 0 radical (unpaired) electrons. The minimum atomic E-state index is -4.87. The fraction of sp³-hybridized carbons (Fsp3) is 0.778. The predicted octanol–water partition coefficient (Wildman–Crippen LogP) is 0.920. The van der Waals surface area contributed by atoms with Gasteiger partial charge in [0.1, 0.15) is 0 Å². The number of carbonyl (C=O) groups excluding carboxylic acids is 1. The fourth-order valence-electron chi connectivity index (χ4n) is 2.78. The molecule has 0 spiro atoms. The van der Waals surface area contributed by atoms with E-state index in [4.69, 9.17) is 5.11 Å². The summed E-state index contributed by atoms with van der Waals surface area (Å²) in [5, 5.41) is 10.6. The van der Waals surface area contributed by atoms with Gasteiger partial charge in [-0.25, -0.2) is 0 Å². The lowest BCUT2D eigenvalue weighted by Crippen LogP contribution is -2.69. The zero-order valence-electron chi connectivity index (χ0n) is 8.23. The van der Waals surface area contributed by atoms with E-state index in [1.54, 1.807) is 5.32 Å². The molecule has 4 nitrogen and oxygen atoms in total. The van der Waals surface area contributed by atoms with E-state index >= 15 is 0 Å². The van der Waals surface area contributed by atoms with Gasteiger partial charge in [-0.3, -0.25) is 9.59 Å². The molecule has 16 heavy (non-hydrogen) atoms. The molecule has 0 saturated heterocycles. The smallest absolute Gasteiger partial charge is 0.471 e. The van der Waals surface area contributed by atoms with Gasteiger partial charge in [-0.15, -0.1) is 0 Å². The second kappa shape index (κ2) is 2.89. The normalized spacial score (nSPS) is 35.9. The van der Waals surface area contributed by atoms with Crippen LogP contribution in [0.3, 0.4) is 0 Å². The summed E-state index contributed by atoms with van der Waals surface area (Å²) in [6.45, 7) is -0.0830. The summed E-state index contributed by atoms with van der Waals surface area (Å²) < 4.78 is 35.6. The Morgan fingerprint density at radius 1 is 1.25 bits per heavy atom. The second-order valence-electron chi connectivity index (χ2n) is 4.80. The molecule has 3 saturated carbocycles. The SMILES string of the molecule is O=C(NCC12CC(C(=O)O)(C1)C2)C(F)(F)F. The van der Waals surface area contributed by atoms with Crippen LogP contribution in [0.5, 0.6) is 0 Å². The molecule has 0 aromatic carbocycles. The number of hydrogen-bond donors (Lipinski definition) is 2. The lowest BCUT2D eigenvalue weighted by atomic mass is 9.35. The first-order valence-corrected chi connectivity index (χ1v) is 4.78. The van der Waals surface area contributed by atoms with Gasteiger partial charge in [0.2, 0.25) is 0 Å². The molecular formula is C9H10F3NO3. The third kappa shape index (κ3) is 1.45. The number of carboxylic acid groups (broad SMARTS) is 1. The molecule has 0 aromatic rings. The van der Waals surface area contributed by atoms with Gasteiger partial charge in [0.25, 0.3) is 0 Å². The Labute approximate surface area is 88.8 Å². The largest absolute Gasteiger partial charge is 0.481 e. The maximum atomic E-state index is 11.9. The highest BCUT2D eigenvalue weighted by atomic mass is 19.4. The number of hydrogen-bond acceptors (Lipinski definition) is 2. The standard InChI is InChI=1S/C9H10F3NO3/c10-9(11,12)5(14)13-4-7-1-8(2-7,3-7)6(15)16/h1-4H2,(H,13,14)(H,15,16). The Morgan fingerprint density at radius 2 is 1.75 bits per heavy atom. The highest BCUT2D eigenvalue weighted by Crippen LogP contribution is 2.73. The van der Waals surface area contributed by atoms with E-state index in [1.165, 1.54) is 0 Å². The molecule has 0 atom stereocenters. The van der Waals surface area contributed by atoms with Crippen molar-refractivity contribution in [3.05, 3.63) is 0 Å². The minimum Gasteiger partial charge on any atom is -0.481 e. The van der Waals surface area contributed by atoms with Crippen LogP contribution in [0.25, 0.3) is 0 Å². The zero-order valence-corrected chi connectivity index (χ0v) is 8.23. The van der Waals surface area contributed by atoms with Crippen molar-refractivity contribution in [2.45, 2.75) is 25.4 Å². The summed E-state index contributed by atoms with van der Waals surface area (Å²) in [5.74, 6) is -2.85. The highest BCUT2D eigenvalue weighted by molar-refractivity contribution is 5.82. The Bertz CT molecular complexity index is 344. The average Bonchev–Trinajstić information content (AvgIpc) is 1.95. The van der Waals surface area contributed by atoms with Gasteiger partial charge < -0.3 is 10.4 Å². The van der Waals surface area contributed by atoms with E-state index in [1.807, 2.05) is 0 Å². The van der Waals surface area contributed by atoms with Crippen molar-refractivity contribution >= 4 is 11.9 Å². The van der Waals surface area contributed by atoms with E-state index in [-0.39, 0.29) is 6.54 Å². The highest BCUT2D eigenvalue weighted by Gasteiger charge is 2.71. The van der Waals surface area contributed by atoms with Crippen molar-refractivity contribution in [2.75, 3.05) is 6.54 Å². The molecule has 0 aliphatic heterocycles. The molecule has 0 heterocycles. The van der Waals surface area contributed by atoms with Gasteiger partial charge in [-0.1, -0.05) is 0 Å². The number of alkyl halides is 3. The van der Waals surface area contributed by atoms with Crippen molar-refractivity contribution in [3.63, 3.8) is 0 Å². The summed E-state index contributed by atoms with van der Waals surface area (Å²) in [6.07, 6.45) is -3.76. The van der Waals surface area contributed by atoms with Gasteiger partial charge in [0.05, 0.1) is 5.41 Å². The van der Waals surface area contributed by atoms with E-state index in [0.29, 0.717) is 19.3 Å². The number of halogens is 3. The first-order valence-electron chi connectivity index (χ1n) is 4.78. The third-order valence-electron chi connectivity index (χ3n) is 3.48. The molecule has 3 aliphatic rings. The third-order valence-corrected chi connectivity index (χ3v) is 3.48. The molecule has 1 amide bonds. The van der Waals surface area contributed by atoms with Gasteiger partial charge >= 0.3 is 18.1 Å². The molecule has 2 N–H and O–H groups in total. The Hall–Kier alpha value is -1.27. The van der Waals surface area contributed by atoms with Gasteiger partial charge in [-0.05, 0) is 24.7 Å². The van der Waals surface area contributed by atoms with Crippen molar-refractivity contribution in [1.29, 1.82) is 0 Å². The molecular weight excluding hydrogens is 227 g/mol. The van der Waals surface area contributed by atoms with Crippen molar-refractivity contribution in [3.8, 4) is 0 Å². The number of aliphatic carboxylic acids is 1. The summed E-state index contributed by atoms with van der Waals surface area (Å²) >= 11 is 0. The van der Waals surface area contributed by atoms with Crippen molar-refractivity contribution in [1.82, 2.24) is 5.32 Å². The van der Waals surface area contributed by atoms with E-state index in [2.05, 4.69) is 0 Å². The average molecular weight is 237 g/mol. The Kier molecular flexibility index (Phi) is 2.03. The van der Waals surface area contributed by atoms with E-state index in [9.17, 15) is 22.8 Å². The van der Waals surface area contributed by atoms with Crippen LogP contribution in [-0.4, -0.2) is 29.7 Å². The van der Waals surface area contributed by atoms with Crippen LogP contribution >= 0.6 is 0 Å². The monoisotopic (exact) mass is 237 g/mol. The van der Waals surface area contributed by atoms with Crippen LogP contribution in [-0.2, 0) is 9.59 Å². The van der Waals surface area contributed by atoms with Crippen LogP contribution in [0.2, 0.25) is 0 Å². The first-order chi connectivity index (χ1) is 7.19. The molecule has 3 aliphatic carbocycles. The summed E-state index contributed by atoms with van der Waals surface area (Å²) in [7, 11) is 0. The summed E-state index contributed by atoms with van der Waals surface area (Å²) in [6, 6.07) is 0. The Balaban J connectivity index is 1.80. The zero-order chi connectivity index (χ0) is 12.2. The molecule has 0 aromatic heterocycles. The predicted molar refractivity (Wildman–Crippen MR) is 45.4 cm³/mol. The topological polar surface area (TPSA) is 66.4 Å². The second-order valence-corrected chi connectivity index (χ2v) is 4.80. The van der Waals surface area contributed by atoms with Crippen LogP contribution in [0.4, 0.5) is 13.2 Å². The fourth-order valence-corrected chi connectivity index (χ4v) is 2.78. The number of carbonyl (C=O) groups is 2. The molecule has 90 valence electrons. The van der Waals surface area contributed by atoms with Gasteiger partial charge in [-0.2, -0.15) is 13.2 Å². The molecule has 3 rings (SSSR count). The number of amides is 1. The van der Waals surface area contributed by atoms with E-state index in [0.717, 1.165) is 0 Å². The molecule has 2 bridgehead atoms. The lowest BCUT2D eigenvalue weighted by Gasteiger charge is -2.68. The molecule has 0 unspecified atom stereocenters. The number of nitrogens with one attached hydrogen (secondary N) is 1. The van der Waals surface area contributed by atoms with Gasteiger partial charge in [0, 0.05) is 6.54 Å². The summed E-state index contributed by atoms with van der Waals surface area (Å²) in [5.41, 5.74) is -1.12. The quantitative estimate of drug-likeness (QED) is 0.767.